The first kappa shape index (κ1) is 23.5. The molecule has 0 aliphatic rings. The van der Waals surface area contributed by atoms with Crippen LogP contribution in [-0.2, 0) is 24.3 Å². The number of carbonyl (C=O) groups excluding carboxylic acids is 1. The zero-order chi connectivity index (χ0) is 24.1. The van der Waals surface area contributed by atoms with E-state index in [9.17, 15) is 9.59 Å². The van der Waals surface area contributed by atoms with Gasteiger partial charge in [0.25, 0.3) is 0 Å². The molecule has 0 amide bonds. The van der Waals surface area contributed by atoms with Crippen molar-refractivity contribution >= 4 is 17.4 Å². The summed E-state index contributed by atoms with van der Waals surface area (Å²) < 4.78 is 8.14. The Morgan fingerprint density at radius 1 is 1.00 bits per heavy atom. The van der Waals surface area contributed by atoms with Crippen molar-refractivity contribution in [3.05, 3.63) is 105 Å². The lowest BCUT2D eigenvalue weighted by molar-refractivity contribution is -0.119. The lowest BCUT2D eigenvalue weighted by atomic mass is 10.1. The third-order valence-electron chi connectivity index (χ3n) is 5.60. The number of methoxy groups -OCH3 is 1. The number of hydrogen-bond donors (Lipinski definition) is 0. The maximum atomic E-state index is 13.3. The summed E-state index contributed by atoms with van der Waals surface area (Å²) in [5, 5.41) is 5.12. The van der Waals surface area contributed by atoms with Gasteiger partial charge in [-0.05, 0) is 60.9 Å². The Morgan fingerprint density at radius 2 is 1.74 bits per heavy atom. The van der Waals surface area contributed by atoms with Crippen molar-refractivity contribution in [1.29, 1.82) is 0 Å². The van der Waals surface area contributed by atoms with E-state index in [1.807, 2.05) is 61.5 Å². The topological polar surface area (TPSA) is 66.1 Å². The highest BCUT2D eigenvalue weighted by Gasteiger charge is 2.18. The van der Waals surface area contributed by atoms with Gasteiger partial charge >= 0.3 is 5.69 Å². The Hall–Kier alpha value is -3.64. The average molecular weight is 476 g/mol. The molecule has 0 unspecified atom stereocenters. The van der Waals surface area contributed by atoms with Gasteiger partial charge in [-0.3, -0.25) is 9.36 Å². The van der Waals surface area contributed by atoms with Crippen LogP contribution in [0.4, 0.5) is 0 Å². The van der Waals surface area contributed by atoms with Gasteiger partial charge in [0.05, 0.1) is 13.7 Å². The molecule has 0 fully saturated rings. The van der Waals surface area contributed by atoms with E-state index in [0.29, 0.717) is 36.0 Å². The quantitative estimate of drug-likeness (QED) is 0.344. The fourth-order valence-corrected chi connectivity index (χ4v) is 3.98. The van der Waals surface area contributed by atoms with Crippen molar-refractivity contribution in [2.75, 3.05) is 7.11 Å². The summed E-state index contributed by atoms with van der Waals surface area (Å²) in [4.78, 5) is 26.0. The Labute approximate surface area is 203 Å². The molecule has 0 atom stereocenters. The average Bonchev–Trinajstić information content (AvgIpc) is 3.13. The maximum absolute atomic E-state index is 13.3. The summed E-state index contributed by atoms with van der Waals surface area (Å²) in [6, 6.07) is 22.8. The lowest BCUT2D eigenvalue weighted by Gasteiger charge is -2.07. The molecule has 0 saturated carbocycles. The predicted octanol–water partition coefficient (Wildman–Crippen LogP) is 4.93. The molecule has 0 aliphatic carbocycles. The summed E-state index contributed by atoms with van der Waals surface area (Å²) in [6.07, 6.45) is 0.971. The number of ether oxygens (including phenoxy) is 1. The number of ketones is 1. The fourth-order valence-electron chi connectivity index (χ4n) is 3.85. The number of nitrogens with zero attached hydrogens (tertiary/aromatic N) is 3. The minimum absolute atomic E-state index is 0.0442. The minimum Gasteiger partial charge on any atom is -0.497 e. The number of hydrogen-bond acceptors (Lipinski definition) is 4. The van der Waals surface area contributed by atoms with E-state index in [0.717, 1.165) is 22.3 Å². The first-order chi connectivity index (χ1) is 16.4. The van der Waals surface area contributed by atoms with Crippen molar-refractivity contribution in [3.63, 3.8) is 0 Å². The van der Waals surface area contributed by atoms with E-state index in [4.69, 9.17) is 16.3 Å². The van der Waals surface area contributed by atoms with Crippen molar-refractivity contribution < 1.29 is 9.53 Å². The highest BCUT2D eigenvalue weighted by molar-refractivity contribution is 6.30. The normalized spacial score (nSPS) is 10.9. The van der Waals surface area contributed by atoms with Crippen molar-refractivity contribution in [2.45, 2.75) is 32.9 Å². The highest BCUT2D eigenvalue weighted by atomic mass is 35.5. The maximum Gasteiger partial charge on any atom is 0.346 e. The van der Waals surface area contributed by atoms with Crippen LogP contribution in [0.15, 0.2) is 77.6 Å². The second kappa shape index (κ2) is 10.5. The van der Waals surface area contributed by atoms with Crippen LogP contribution >= 0.6 is 11.6 Å². The molecular formula is C27H26ClN3O3. The van der Waals surface area contributed by atoms with Gasteiger partial charge in [0, 0.05) is 17.0 Å². The number of halogens is 1. The SMILES string of the molecule is COc1cccc(Cn2c(-c3ccc(Cl)cc3)nn(CC(=O)CCc3cccc(C)c3)c2=O)c1. The van der Waals surface area contributed by atoms with Gasteiger partial charge in [-0.2, -0.15) is 0 Å². The molecule has 4 rings (SSSR count). The summed E-state index contributed by atoms with van der Waals surface area (Å²) in [7, 11) is 1.60. The van der Waals surface area contributed by atoms with Gasteiger partial charge in [-0.1, -0.05) is 53.6 Å². The molecule has 0 saturated heterocycles. The Bertz CT molecular complexity index is 1360. The molecule has 0 spiro atoms. The molecule has 0 N–H and O–H groups in total. The van der Waals surface area contributed by atoms with Gasteiger partial charge < -0.3 is 4.74 Å². The van der Waals surface area contributed by atoms with E-state index in [1.54, 1.807) is 23.8 Å². The van der Waals surface area contributed by atoms with Crippen LogP contribution in [0.25, 0.3) is 11.4 Å². The molecular weight excluding hydrogens is 450 g/mol. The third kappa shape index (κ3) is 5.64. The Balaban J connectivity index is 1.61. The van der Waals surface area contributed by atoms with Gasteiger partial charge in [0.1, 0.15) is 12.3 Å². The van der Waals surface area contributed by atoms with Crippen LogP contribution in [-0.4, -0.2) is 27.2 Å². The monoisotopic (exact) mass is 475 g/mol. The van der Waals surface area contributed by atoms with Gasteiger partial charge in [0.2, 0.25) is 0 Å². The van der Waals surface area contributed by atoms with Crippen molar-refractivity contribution in [1.82, 2.24) is 14.3 Å². The fraction of sp³-hybridized carbons (Fsp3) is 0.222. The zero-order valence-electron chi connectivity index (χ0n) is 19.2. The first-order valence-electron chi connectivity index (χ1n) is 11.1. The number of rotatable bonds is 9. The second-order valence-electron chi connectivity index (χ2n) is 8.24. The number of Topliss-reactive ketones (excluding diaryl/α,β-unsaturated/α-hetero) is 1. The number of aromatic nitrogens is 3. The third-order valence-corrected chi connectivity index (χ3v) is 5.85. The van der Waals surface area contributed by atoms with E-state index < -0.39 is 0 Å². The molecule has 4 aromatic rings. The summed E-state index contributed by atoms with van der Waals surface area (Å²) in [5.74, 6) is 1.14. The van der Waals surface area contributed by atoms with Gasteiger partial charge in [-0.25, -0.2) is 9.48 Å². The highest BCUT2D eigenvalue weighted by Crippen LogP contribution is 2.21. The van der Waals surface area contributed by atoms with Gasteiger partial charge in [-0.15, -0.1) is 5.10 Å². The smallest absolute Gasteiger partial charge is 0.346 e. The molecule has 0 radical (unpaired) electrons. The van der Waals surface area contributed by atoms with Crippen LogP contribution < -0.4 is 10.4 Å². The summed E-state index contributed by atoms with van der Waals surface area (Å²) >= 11 is 6.05. The largest absolute Gasteiger partial charge is 0.497 e. The molecule has 1 heterocycles. The van der Waals surface area contributed by atoms with Crippen LogP contribution in [0.3, 0.4) is 0 Å². The number of benzene rings is 3. The lowest BCUT2D eigenvalue weighted by Crippen LogP contribution is -2.28. The molecule has 1 aromatic heterocycles. The zero-order valence-corrected chi connectivity index (χ0v) is 20.0. The van der Waals surface area contributed by atoms with Crippen LogP contribution in [0.1, 0.15) is 23.1 Å². The standard InChI is InChI=1S/C27H26ClN3O3/c1-19-5-3-6-20(15-19)9-14-24(32)18-31-27(33)30(17-21-7-4-8-25(16-21)34-2)26(29-31)22-10-12-23(28)13-11-22/h3-8,10-13,15-16H,9,14,17-18H2,1-2H3. The second-order valence-corrected chi connectivity index (χ2v) is 8.67. The van der Waals surface area contributed by atoms with Crippen LogP contribution in [0.2, 0.25) is 5.02 Å². The van der Waals surface area contributed by atoms with E-state index >= 15 is 0 Å². The van der Waals surface area contributed by atoms with Crippen molar-refractivity contribution in [3.8, 4) is 17.1 Å². The number of aryl methyl sites for hydroxylation is 2. The van der Waals surface area contributed by atoms with Crippen molar-refractivity contribution in [2.24, 2.45) is 0 Å². The molecule has 174 valence electrons. The van der Waals surface area contributed by atoms with E-state index in [1.165, 1.54) is 4.68 Å². The Morgan fingerprint density at radius 3 is 2.47 bits per heavy atom. The first-order valence-corrected chi connectivity index (χ1v) is 11.4. The summed E-state index contributed by atoms with van der Waals surface area (Å²) in [5.41, 5.74) is 3.56. The van der Waals surface area contributed by atoms with Crippen LogP contribution in [0, 0.1) is 6.92 Å². The van der Waals surface area contributed by atoms with Gasteiger partial charge in [0.15, 0.2) is 11.6 Å². The molecule has 6 nitrogen and oxygen atoms in total. The molecule has 7 heteroatoms. The van der Waals surface area contributed by atoms with Crippen LogP contribution in [0.5, 0.6) is 5.75 Å². The molecule has 0 aliphatic heterocycles. The predicted molar refractivity (Wildman–Crippen MR) is 134 cm³/mol. The minimum atomic E-state index is -0.336. The molecule has 34 heavy (non-hydrogen) atoms. The van der Waals surface area contributed by atoms with E-state index in [2.05, 4.69) is 11.2 Å². The Kier molecular flexibility index (Phi) is 7.28. The summed E-state index contributed by atoms with van der Waals surface area (Å²) in [6.45, 7) is 2.25. The number of carbonyl (C=O) groups is 1. The molecule has 0 bridgehead atoms. The molecule has 3 aromatic carbocycles. The van der Waals surface area contributed by atoms with E-state index in [-0.39, 0.29) is 18.0 Å².